The zero-order chi connectivity index (χ0) is 13.8. The van der Waals surface area contributed by atoms with Crippen molar-refractivity contribution in [1.82, 2.24) is 10.6 Å². The van der Waals surface area contributed by atoms with Crippen LogP contribution in [0.2, 0.25) is 0 Å². The average Bonchev–Trinajstić information content (AvgIpc) is 2.31. The molecule has 1 unspecified atom stereocenters. The number of amides is 2. The normalized spacial score (nSPS) is 11.9. The summed E-state index contributed by atoms with van der Waals surface area (Å²) in [6.07, 6.45) is 2.60. The number of carboxylic acid groups (broad SMARTS) is 1. The van der Waals surface area contributed by atoms with Crippen LogP contribution in [0.25, 0.3) is 0 Å². The Morgan fingerprint density at radius 3 is 2.67 bits per heavy atom. The molecule has 0 heterocycles. The Hall–Kier alpha value is -1.30. The SMILES string of the molecule is CCCCOCCNC(=O)NC(C)CCC(=O)O. The van der Waals surface area contributed by atoms with Gasteiger partial charge in [0.2, 0.25) is 0 Å². The van der Waals surface area contributed by atoms with Gasteiger partial charge in [-0.25, -0.2) is 4.79 Å². The summed E-state index contributed by atoms with van der Waals surface area (Å²) in [4.78, 5) is 21.7. The Kier molecular flexibility index (Phi) is 10.0. The van der Waals surface area contributed by atoms with Crippen molar-refractivity contribution in [3.05, 3.63) is 0 Å². The molecular formula is C12H24N2O4. The molecule has 0 spiro atoms. The number of unbranched alkanes of at least 4 members (excludes halogenated alkanes) is 1. The van der Waals surface area contributed by atoms with Crippen molar-refractivity contribution < 1.29 is 19.4 Å². The fourth-order valence-electron chi connectivity index (χ4n) is 1.27. The van der Waals surface area contributed by atoms with Crippen LogP contribution in [-0.2, 0) is 9.53 Å². The second kappa shape index (κ2) is 10.8. The number of hydrogen-bond acceptors (Lipinski definition) is 3. The van der Waals surface area contributed by atoms with Crippen molar-refractivity contribution in [2.75, 3.05) is 19.8 Å². The van der Waals surface area contributed by atoms with Crippen LogP contribution in [0, 0.1) is 0 Å². The number of carbonyl (C=O) groups is 2. The highest BCUT2D eigenvalue weighted by Crippen LogP contribution is 1.95. The molecule has 0 aromatic carbocycles. The molecule has 0 saturated heterocycles. The maximum Gasteiger partial charge on any atom is 0.315 e. The second-order valence-corrected chi connectivity index (χ2v) is 4.20. The van der Waals surface area contributed by atoms with Gasteiger partial charge >= 0.3 is 12.0 Å². The molecule has 18 heavy (non-hydrogen) atoms. The quantitative estimate of drug-likeness (QED) is 0.517. The zero-order valence-corrected chi connectivity index (χ0v) is 11.2. The lowest BCUT2D eigenvalue weighted by Gasteiger charge is -2.13. The van der Waals surface area contributed by atoms with Gasteiger partial charge < -0.3 is 20.5 Å². The lowest BCUT2D eigenvalue weighted by Crippen LogP contribution is -2.42. The van der Waals surface area contributed by atoms with E-state index in [0.29, 0.717) is 19.6 Å². The Morgan fingerprint density at radius 1 is 1.33 bits per heavy atom. The zero-order valence-electron chi connectivity index (χ0n) is 11.2. The van der Waals surface area contributed by atoms with Crippen molar-refractivity contribution in [2.45, 2.75) is 45.6 Å². The van der Waals surface area contributed by atoms with E-state index >= 15 is 0 Å². The molecule has 0 fully saturated rings. The maximum atomic E-state index is 11.4. The number of urea groups is 1. The van der Waals surface area contributed by atoms with Gasteiger partial charge in [-0.2, -0.15) is 0 Å². The molecule has 6 heteroatoms. The van der Waals surface area contributed by atoms with E-state index in [1.807, 2.05) is 0 Å². The fraction of sp³-hybridized carbons (Fsp3) is 0.833. The molecule has 0 aromatic heterocycles. The topological polar surface area (TPSA) is 87.7 Å². The van der Waals surface area contributed by atoms with E-state index in [4.69, 9.17) is 9.84 Å². The molecular weight excluding hydrogens is 236 g/mol. The number of nitrogens with one attached hydrogen (secondary N) is 2. The highest BCUT2D eigenvalue weighted by molar-refractivity contribution is 5.74. The minimum absolute atomic E-state index is 0.0571. The van der Waals surface area contributed by atoms with E-state index in [1.54, 1.807) is 6.92 Å². The monoisotopic (exact) mass is 260 g/mol. The number of rotatable bonds is 10. The van der Waals surface area contributed by atoms with Crippen molar-refractivity contribution in [3.8, 4) is 0 Å². The van der Waals surface area contributed by atoms with Crippen LogP contribution < -0.4 is 10.6 Å². The van der Waals surface area contributed by atoms with Crippen LogP contribution in [-0.4, -0.2) is 42.9 Å². The van der Waals surface area contributed by atoms with Gasteiger partial charge in [0.15, 0.2) is 0 Å². The number of hydrogen-bond donors (Lipinski definition) is 3. The Labute approximate surface area is 108 Å². The summed E-state index contributed by atoms with van der Waals surface area (Å²) in [5, 5.41) is 13.8. The Balaban J connectivity index is 3.44. The number of carbonyl (C=O) groups excluding carboxylic acids is 1. The van der Waals surface area contributed by atoms with Gasteiger partial charge in [-0.1, -0.05) is 13.3 Å². The third-order valence-corrected chi connectivity index (χ3v) is 2.34. The van der Waals surface area contributed by atoms with Crippen LogP contribution in [0.3, 0.4) is 0 Å². The molecule has 0 bridgehead atoms. The van der Waals surface area contributed by atoms with E-state index in [1.165, 1.54) is 0 Å². The van der Waals surface area contributed by atoms with Gasteiger partial charge in [-0.15, -0.1) is 0 Å². The molecule has 0 aliphatic heterocycles. The van der Waals surface area contributed by atoms with Gasteiger partial charge in [-0.05, 0) is 19.8 Å². The molecule has 0 aromatic rings. The Morgan fingerprint density at radius 2 is 2.06 bits per heavy atom. The first kappa shape index (κ1) is 16.7. The van der Waals surface area contributed by atoms with E-state index in [9.17, 15) is 9.59 Å². The molecule has 0 aliphatic carbocycles. The summed E-state index contributed by atoms with van der Waals surface area (Å²) in [5.74, 6) is -0.853. The van der Waals surface area contributed by atoms with Crippen LogP contribution >= 0.6 is 0 Å². The smallest absolute Gasteiger partial charge is 0.315 e. The minimum Gasteiger partial charge on any atom is -0.481 e. The highest BCUT2D eigenvalue weighted by atomic mass is 16.5. The van der Waals surface area contributed by atoms with E-state index in [0.717, 1.165) is 19.4 Å². The molecule has 3 N–H and O–H groups in total. The van der Waals surface area contributed by atoms with Gasteiger partial charge in [0.05, 0.1) is 6.61 Å². The second-order valence-electron chi connectivity index (χ2n) is 4.20. The van der Waals surface area contributed by atoms with Gasteiger partial charge in [-0.3, -0.25) is 4.79 Å². The van der Waals surface area contributed by atoms with Crippen LogP contribution in [0.1, 0.15) is 39.5 Å². The van der Waals surface area contributed by atoms with Crippen molar-refractivity contribution in [1.29, 1.82) is 0 Å². The lowest BCUT2D eigenvalue weighted by molar-refractivity contribution is -0.137. The van der Waals surface area contributed by atoms with E-state index in [2.05, 4.69) is 17.6 Å². The largest absolute Gasteiger partial charge is 0.481 e. The predicted molar refractivity (Wildman–Crippen MR) is 68.6 cm³/mol. The number of aliphatic carboxylic acids is 1. The molecule has 1 atom stereocenters. The molecule has 0 radical (unpaired) electrons. The summed E-state index contributed by atoms with van der Waals surface area (Å²) in [7, 11) is 0. The predicted octanol–water partition coefficient (Wildman–Crippen LogP) is 1.36. The summed E-state index contributed by atoms with van der Waals surface area (Å²) in [6.45, 7) is 5.54. The molecule has 6 nitrogen and oxygen atoms in total. The first-order valence-corrected chi connectivity index (χ1v) is 6.40. The third kappa shape index (κ3) is 11.2. The molecule has 106 valence electrons. The average molecular weight is 260 g/mol. The van der Waals surface area contributed by atoms with Crippen molar-refractivity contribution >= 4 is 12.0 Å². The first-order chi connectivity index (χ1) is 8.56. The molecule has 2 amide bonds. The van der Waals surface area contributed by atoms with Crippen LogP contribution in [0.5, 0.6) is 0 Å². The highest BCUT2D eigenvalue weighted by Gasteiger charge is 2.08. The first-order valence-electron chi connectivity index (χ1n) is 6.40. The summed E-state index contributed by atoms with van der Waals surface area (Å²) < 4.78 is 5.29. The minimum atomic E-state index is -0.853. The number of carboxylic acids is 1. The third-order valence-electron chi connectivity index (χ3n) is 2.34. The summed E-state index contributed by atoms with van der Waals surface area (Å²) >= 11 is 0. The molecule has 0 rings (SSSR count). The van der Waals surface area contributed by atoms with Crippen LogP contribution in [0.15, 0.2) is 0 Å². The van der Waals surface area contributed by atoms with Gasteiger partial charge in [0.1, 0.15) is 0 Å². The van der Waals surface area contributed by atoms with Gasteiger partial charge in [0, 0.05) is 25.6 Å². The van der Waals surface area contributed by atoms with E-state index < -0.39 is 5.97 Å². The van der Waals surface area contributed by atoms with E-state index in [-0.39, 0.29) is 18.5 Å². The summed E-state index contributed by atoms with van der Waals surface area (Å²) in [5.41, 5.74) is 0. The van der Waals surface area contributed by atoms with Crippen molar-refractivity contribution in [2.24, 2.45) is 0 Å². The standard InChI is InChI=1S/C12H24N2O4/c1-3-4-8-18-9-7-13-12(17)14-10(2)5-6-11(15)16/h10H,3-9H2,1-2H3,(H,15,16)(H2,13,14,17). The lowest BCUT2D eigenvalue weighted by atomic mass is 10.2. The molecule has 0 aliphatic rings. The van der Waals surface area contributed by atoms with Crippen LogP contribution in [0.4, 0.5) is 4.79 Å². The van der Waals surface area contributed by atoms with Crippen molar-refractivity contribution in [3.63, 3.8) is 0 Å². The molecule has 0 saturated carbocycles. The number of ether oxygens (including phenoxy) is 1. The fourth-order valence-corrected chi connectivity index (χ4v) is 1.27. The van der Waals surface area contributed by atoms with Gasteiger partial charge in [0.25, 0.3) is 0 Å². The maximum absolute atomic E-state index is 11.4. The Bertz CT molecular complexity index is 246. The summed E-state index contributed by atoms with van der Waals surface area (Å²) in [6, 6.07) is -0.436.